The molecule has 0 aromatic carbocycles. The van der Waals surface area contributed by atoms with Gasteiger partial charge in [0.05, 0.1) is 29.9 Å². The molecular formula is C24H34N4O3. The average molecular weight is 427 g/mol. The predicted octanol–water partition coefficient (Wildman–Crippen LogP) is 4.95. The molecule has 0 bridgehead atoms. The third kappa shape index (κ3) is 5.02. The van der Waals surface area contributed by atoms with Gasteiger partial charge in [-0.2, -0.15) is 5.10 Å². The van der Waals surface area contributed by atoms with Crippen LogP contribution in [0.4, 0.5) is 4.79 Å². The molecule has 168 valence electrons. The Bertz CT molecular complexity index is 869. The number of hydrogen-bond donors (Lipinski definition) is 0. The second-order valence-corrected chi connectivity index (χ2v) is 8.98. The molecule has 2 saturated carbocycles. The van der Waals surface area contributed by atoms with Gasteiger partial charge in [-0.3, -0.25) is 9.67 Å². The van der Waals surface area contributed by atoms with Crippen LogP contribution in [-0.2, 0) is 18.4 Å². The third-order valence-electron chi connectivity index (χ3n) is 6.99. The number of rotatable bonds is 7. The zero-order chi connectivity index (χ0) is 21.8. The Kier molecular flexibility index (Phi) is 6.78. The molecule has 0 spiro atoms. The van der Waals surface area contributed by atoms with Crippen LogP contribution in [0.25, 0.3) is 11.3 Å². The molecule has 2 fully saturated rings. The van der Waals surface area contributed by atoms with Crippen LogP contribution in [0.2, 0.25) is 0 Å². The summed E-state index contributed by atoms with van der Waals surface area (Å²) in [5, 5.41) is 4.36. The lowest BCUT2D eigenvalue weighted by atomic mass is 9.80. The molecule has 1 atom stereocenters. The van der Waals surface area contributed by atoms with E-state index < -0.39 is 0 Å². The molecule has 7 nitrogen and oxygen atoms in total. The number of pyridine rings is 1. The van der Waals surface area contributed by atoms with Crippen molar-refractivity contribution < 1.29 is 14.3 Å². The van der Waals surface area contributed by atoms with Gasteiger partial charge in [0.2, 0.25) is 0 Å². The first-order valence-electron chi connectivity index (χ1n) is 11.6. The molecule has 0 N–H and O–H groups in total. The van der Waals surface area contributed by atoms with Gasteiger partial charge >= 0.3 is 6.09 Å². The number of carbonyl (C=O) groups is 1. The Morgan fingerprint density at radius 1 is 1.16 bits per heavy atom. The summed E-state index contributed by atoms with van der Waals surface area (Å²) in [6, 6.07) is 4.12. The quantitative estimate of drug-likeness (QED) is 0.626. The summed E-state index contributed by atoms with van der Waals surface area (Å²) in [5.41, 5.74) is 2.49. The Balaban J connectivity index is 1.38. The standard InChI is InChI=1S/C24H34N4O3/c1-17(18-8-7-9-18)27(2)24(29)30-16-23-21(15-26-28(23)3)22-13-12-20(14-25-22)31-19-10-5-4-6-11-19/h12-15,17-19H,4-11,16H2,1-3H3. The molecule has 2 aromatic heterocycles. The monoisotopic (exact) mass is 426 g/mol. The highest BCUT2D eigenvalue weighted by atomic mass is 16.6. The Hall–Kier alpha value is -2.57. The third-order valence-corrected chi connectivity index (χ3v) is 6.99. The van der Waals surface area contributed by atoms with Crippen molar-refractivity contribution in [1.82, 2.24) is 19.7 Å². The van der Waals surface area contributed by atoms with Crippen LogP contribution in [0.1, 0.15) is 64.0 Å². The molecule has 4 rings (SSSR count). The van der Waals surface area contributed by atoms with Gasteiger partial charge in [-0.1, -0.05) is 12.8 Å². The Labute approximate surface area is 184 Å². The molecule has 0 saturated heterocycles. The van der Waals surface area contributed by atoms with Crippen molar-refractivity contribution in [2.24, 2.45) is 13.0 Å². The van der Waals surface area contributed by atoms with E-state index in [-0.39, 0.29) is 18.7 Å². The number of amides is 1. The molecule has 2 aliphatic carbocycles. The fraction of sp³-hybridized carbons (Fsp3) is 0.625. The van der Waals surface area contributed by atoms with E-state index in [1.165, 1.54) is 38.5 Å². The first-order chi connectivity index (χ1) is 15.0. The van der Waals surface area contributed by atoms with Crippen LogP contribution >= 0.6 is 0 Å². The van der Waals surface area contributed by atoms with Gasteiger partial charge in [-0.25, -0.2) is 4.79 Å². The van der Waals surface area contributed by atoms with Crippen molar-refractivity contribution in [3.8, 4) is 17.0 Å². The second kappa shape index (κ2) is 9.71. The Morgan fingerprint density at radius 3 is 2.58 bits per heavy atom. The summed E-state index contributed by atoms with van der Waals surface area (Å²) in [5.74, 6) is 1.39. The molecule has 2 aromatic rings. The van der Waals surface area contributed by atoms with Crippen molar-refractivity contribution in [2.75, 3.05) is 7.05 Å². The molecule has 7 heteroatoms. The minimum absolute atomic E-state index is 0.161. The summed E-state index contributed by atoms with van der Waals surface area (Å²) < 4.78 is 13.5. The van der Waals surface area contributed by atoms with Crippen molar-refractivity contribution in [1.29, 1.82) is 0 Å². The first kappa shape index (κ1) is 21.7. The summed E-state index contributed by atoms with van der Waals surface area (Å²) in [6.07, 6.45) is 13.2. The highest BCUT2D eigenvalue weighted by Gasteiger charge is 2.30. The fourth-order valence-corrected chi connectivity index (χ4v) is 4.47. The summed E-state index contributed by atoms with van der Waals surface area (Å²) in [4.78, 5) is 18.9. The van der Waals surface area contributed by atoms with Gasteiger partial charge in [0.25, 0.3) is 0 Å². The van der Waals surface area contributed by atoms with Crippen molar-refractivity contribution in [3.05, 3.63) is 30.2 Å². The summed E-state index contributed by atoms with van der Waals surface area (Å²) >= 11 is 0. The van der Waals surface area contributed by atoms with Crippen LogP contribution < -0.4 is 4.74 Å². The summed E-state index contributed by atoms with van der Waals surface area (Å²) in [6.45, 7) is 2.26. The maximum atomic E-state index is 12.6. The highest BCUT2D eigenvalue weighted by Crippen LogP contribution is 2.32. The fourth-order valence-electron chi connectivity index (χ4n) is 4.47. The number of nitrogens with zero attached hydrogens (tertiary/aromatic N) is 4. The van der Waals surface area contributed by atoms with Crippen molar-refractivity contribution in [3.63, 3.8) is 0 Å². The number of hydrogen-bond acceptors (Lipinski definition) is 5. The smallest absolute Gasteiger partial charge is 0.410 e. The van der Waals surface area contributed by atoms with Gasteiger partial charge in [0, 0.05) is 25.7 Å². The highest BCUT2D eigenvalue weighted by molar-refractivity contribution is 5.68. The molecule has 2 heterocycles. The van der Waals surface area contributed by atoms with Gasteiger partial charge in [0.15, 0.2) is 0 Å². The van der Waals surface area contributed by atoms with E-state index in [1.54, 1.807) is 22.0 Å². The van der Waals surface area contributed by atoms with Crippen LogP contribution in [0.3, 0.4) is 0 Å². The van der Waals surface area contributed by atoms with Gasteiger partial charge in [0.1, 0.15) is 12.4 Å². The SMILES string of the molecule is CC(C1CCC1)N(C)C(=O)OCc1c(-c2ccc(OC3CCCCC3)cn2)cnn1C. The number of aromatic nitrogens is 3. The van der Waals surface area contributed by atoms with Crippen molar-refractivity contribution >= 4 is 6.09 Å². The normalized spacial score (nSPS) is 18.3. The zero-order valence-electron chi connectivity index (χ0n) is 18.9. The van der Waals surface area contributed by atoms with E-state index in [9.17, 15) is 4.79 Å². The lowest BCUT2D eigenvalue weighted by Crippen LogP contribution is -2.42. The minimum Gasteiger partial charge on any atom is -0.489 e. The first-order valence-corrected chi connectivity index (χ1v) is 11.6. The number of carbonyl (C=O) groups excluding carboxylic acids is 1. The molecular weight excluding hydrogens is 392 g/mol. The molecule has 0 aliphatic heterocycles. The van der Waals surface area contributed by atoms with Gasteiger partial charge in [-0.15, -0.1) is 0 Å². The van der Waals surface area contributed by atoms with Crippen LogP contribution in [0.5, 0.6) is 5.75 Å². The number of ether oxygens (including phenoxy) is 2. The van der Waals surface area contributed by atoms with Gasteiger partial charge < -0.3 is 14.4 Å². The number of aryl methyl sites for hydroxylation is 1. The van der Waals surface area contributed by atoms with E-state index in [0.717, 1.165) is 35.5 Å². The average Bonchev–Trinajstić information content (AvgIpc) is 3.11. The second-order valence-electron chi connectivity index (χ2n) is 8.98. The van der Waals surface area contributed by atoms with E-state index >= 15 is 0 Å². The molecule has 31 heavy (non-hydrogen) atoms. The molecule has 2 aliphatic rings. The van der Waals surface area contributed by atoms with Crippen LogP contribution in [0.15, 0.2) is 24.5 Å². The molecule has 1 unspecified atom stereocenters. The van der Waals surface area contributed by atoms with Crippen LogP contribution in [-0.4, -0.2) is 45.0 Å². The Morgan fingerprint density at radius 2 is 1.94 bits per heavy atom. The van der Waals surface area contributed by atoms with Gasteiger partial charge in [-0.05, 0) is 63.5 Å². The largest absolute Gasteiger partial charge is 0.489 e. The lowest BCUT2D eigenvalue weighted by Gasteiger charge is -2.36. The minimum atomic E-state index is -0.296. The lowest BCUT2D eigenvalue weighted by molar-refractivity contribution is 0.0690. The zero-order valence-corrected chi connectivity index (χ0v) is 18.9. The molecule has 1 amide bonds. The van der Waals surface area contributed by atoms with E-state index in [0.29, 0.717) is 12.0 Å². The van der Waals surface area contributed by atoms with Crippen molar-refractivity contribution in [2.45, 2.75) is 77.0 Å². The maximum Gasteiger partial charge on any atom is 0.410 e. The topological polar surface area (TPSA) is 69.5 Å². The van der Waals surface area contributed by atoms with E-state index in [4.69, 9.17) is 9.47 Å². The summed E-state index contributed by atoms with van der Waals surface area (Å²) in [7, 11) is 3.68. The van der Waals surface area contributed by atoms with Crippen LogP contribution in [0, 0.1) is 5.92 Å². The van der Waals surface area contributed by atoms with E-state index in [2.05, 4.69) is 17.0 Å². The van der Waals surface area contributed by atoms with E-state index in [1.807, 2.05) is 26.2 Å². The molecule has 0 radical (unpaired) electrons. The predicted molar refractivity (Wildman–Crippen MR) is 119 cm³/mol. The maximum absolute atomic E-state index is 12.6.